The van der Waals surface area contributed by atoms with E-state index in [0.29, 0.717) is 0 Å². The smallest absolute Gasteiger partial charge is 0.150 e. The van der Waals surface area contributed by atoms with Crippen LogP contribution in [-0.2, 0) is 0 Å². The number of benzene rings is 2. The summed E-state index contributed by atoms with van der Waals surface area (Å²) in [5.74, 6) is 0.815. The summed E-state index contributed by atoms with van der Waals surface area (Å²) in [5, 5.41) is 0. The molecule has 0 unspecified atom stereocenters. The van der Waals surface area contributed by atoms with Crippen LogP contribution in [0.4, 0.5) is 0 Å². The van der Waals surface area contributed by atoms with E-state index in [1.54, 1.807) is 7.11 Å². The van der Waals surface area contributed by atoms with E-state index in [0.717, 1.165) is 34.3 Å². The van der Waals surface area contributed by atoms with Gasteiger partial charge in [-0.05, 0) is 41.8 Å². The summed E-state index contributed by atoms with van der Waals surface area (Å²) < 4.78 is 5.19. The van der Waals surface area contributed by atoms with Crippen LogP contribution >= 0.6 is 0 Å². The van der Waals surface area contributed by atoms with Crippen molar-refractivity contribution in [2.24, 2.45) is 0 Å². The third-order valence-corrected chi connectivity index (χ3v) is 2.81. The molecule has 17 heavy (non-hydrogen) atoms. The Hall–Kier alpha value is -2.09. The minimum absolute atomic E-state index is 0.727. The highest BCUT2D eigenvalue weighted by Gasteiger charge is 2.03. The van der Waals surface area contributed by atoms with Crippen LogP contribution in [0.2, 0.25) is 0 Å². The molecule has 2 rings (SSSR count). The molecular formula is C15H14O2. The van der Waals surface area contributed by atoms with Gasteiger partial charge in [0.2, 0.25) is 0 Å². The lowest BCUT2D eigenvalue weighted by Crippen LogP contribution is -1.88. The zero-order valence-electron chi connectivity index (χ0n) is 9.94. The quantitative estimate of drug-likeness (QED) is 0.749. The van der Waals surface area contributed by atoms with Crippen LogP contribution in [0.15, 0.2) is 42.5 Å². The molecule has 2 aromatic carbocycles. The van der Waals surface area contributed by atoms with Crippen molar-refractivity contribution in [3.63, 3.8) is 0 Å². The van der Waals surface area contributed by atoms with Crippen molar-refractivity contribution in [3.05, 3.63) is 53.6 Å². The Labute approximate surface area is 101 Å². The average molecular weight is 226 g/mol. The van der Waals surface area contributed by atoms with Gasteiger partial charge < -0.3 is 4.74 Å². The third kappa shape index (κ3) is 2.36. The van der Waals surface area contributed by atoms with Crippen molar-refractivity contribution in [1.29, 1.82) is 0 Å². The predicted molar refractivity (Wildman–Crippen MR) is 68.6 cm³/mol. The third-order valence-electron chi connectivity index (χ3n) is 2.81. The van der Waals surface area contributed by atoms with Gasteiger partial charge in [0.15, 0.2) is 0 Å². The van der Waals surface area contributed by atoms with E-state index < -0.39 is 0 Å². The summed E-state index contributed by atoms with van der Waals surface area (Å²) in [6, 6.07) is 13.7. The van der Waals surface area contributed by atoms with E-state index in [1.807, 2.05) is 49.4 Å². The average Bonchev–Trinajstić information content (AvgIpc) is 2.39. The molecule has 0 radical (unpaired) electrons. The van der Waals surface area contributed by atoms with Gasteiger partial charge in [0, 0.05) is 5.56 Å². The Bertz CT molecular complexity index is 544. The van der Waals surface area contributed by atoms with Gasteiger partial charge in [0.05, 0.1) is 7.11 Å². The molecule has 0 saturated carbocycles. The highest BCUT2D eigenvalue weighted by atomic mass is 16.5. The molecule has 0 N–H and O–H groups in total. The van der Waals surface area contributed by atoms with E-state index >= 15 is 0 Å². The van der Waals surface area contributed by atoms with Crippen LogP contribution in [0.25, 0.3) is 11.1 Å². The highest BCUT2D eigenvalue weighted by molar-refractivity contribution is 5.81. The molecule has 0 aromatic heterocycles. The molecule has 0 aliphatic carbocycles. The van der Waals surface area contributed by atoms with Crippen molar-refractivity contribution in [2.75, 3.05) is 7.11 Å². The second kappa shape index (κ2) is 4.83. The van der Waals surface area contributed by atoms with Gasteiger partial charge in [0.25, 0.3) is 0 Å². The molecule has 2 aromatic rings. The maximum Gasteiger partial charge on any atom is 0.150 e. The van der Waals surface area contributed by atoms with Crippen molar-refractivity contribution >= 4 is 6.29 Å². The zero-order chi connectivity index (χ0) is 12.3. The van der Waals surface area contributed by atoms with Gasteiger partial charge in [-0.2, -0.15) is 0 Å². The van der Waals surface area contributed by atoms with Crippen LogP contribution < -0.4 is 4.74 Å². The fourth-order valence-corrected chi connectivity index (χ4v) is 1.75. The molecule has 0 heterocycles. The Morgan fingerprint density at radius 2 is 1.82 bits per heavy atom. The van der Waals surface area contributed by atoms with Crippen LogP contribution in [0, 0.1) is 6.92 Å². The van der Waals surface area contributed by atoms with Crippen LogP contribution in [-0.4, -0.2) is 13.4 Å². The van der Waals surface area contributed by atoms with Crippen molar-refractivity contribution in [1.82, 2.24) is 0 Å². The van der Waals surface area contributed by atoms with Crippen molar-refractivity contribution in [2.45, 2.75) is 6.92 Å². The predicted octanol–water partition coefficient (Wildman–Crippen LogP) is 3.48. The molecule has 0 bridgehead atoms. The van der Waals surface area contributed by atoms with E-state index in [2.05, 4.69) is 0 Å². The number of aldehydes is 1. The van der Waals surface area contributed by atoms with Gasteiger partial charge in [0.1, 0.15) is 12.0 Å². The Morgan fingerprint density at radius 3 is 2.53 bits per heavy atom. The molecule has 0 saturated heterocycles. The summed E-state index contributed by atoms with van der Waals surface area (Å²) in [7, 11) is 1.64. The summed E-state index contributed by atoms with van der Waals surface area (Å²) in [6.45, 7) is 1.93. The molecule has 2 heteroatoms. The van der Waals surface area contributed by atoms with Gasteiger partial charge in [-0.3, -0.25) is 4.79 Å². The maximum atomic E-state index is 10.9. The van der Waals surface area contributed by atoms with E-state index in [9.17, 15) is 4.79 Å². The lowest BCUT2D eigenvalue weighted by Gasteiger charge is -2.06. The molecule has 0 amide bonds. The van der Waals surface area contributed by atoms with E-state index in [4.69, 9.17) is 4.74 Å². The fraction of sp³-hybridized carbons (Fsp3) is 0.133. The molecule has 0 spiro atoms. The maximum absolute atomic E-state index is 10.9. The first-order valence-electron chi connectivity index (χ1n) is 5.45. The number of methoxy groups -OCH3 is 1. The lowest BCUT2D eigenvalue weighted by molar-refractivity contribution is 0.112. The summed E-state index contributed by atoms with van der Waals surface area (Å²) in [6.07, 6.45) is 0.888. The van der Waals surface area contributed by atoms with Crippen molar-refractivity contribution in [3.8, 4) is 16.9 Å². The van der Waals surface area contributed by atoms with E-state index in [-0.39, 0.29) is 0 Å². The summed E-state index contributed by atoms with van der Waals surface area (Å²) in [5.41, 5.74) is 3.79. The summed E-state index contributed by atoms with van der Waals surface area (Å²) in [4.78, 5) is 10.9. The molecular weight excluding hydrogens is 212 g/mol. The molecule has 0 fully saturated rings. The highest BCUT2D eigenvalue weighted by Crippen LogP contribution is 2.25. The van der Waals surface area contributed by atoms with Crippen LogP contribution in [0.3, 0.4) is 0 Å². The Kier molecular flexibility index (Phi) is 3.24. The number of hydrogen-bond donors (Lipinski definition) is 0. The second-order valence-corrected chi connectivity index (χ2v) is 3.92. The van der Waals surface area contributed by atoms with Gasteiger partial charge in [-0.1, -0.05) is 24.3 Å². The number of ether oxygens (including phenoxy) is 1. The standard InChI is InChI=1S/C15H14O2/c1-11-6-7-13(8-14(11)10-16)12-4-3-5-15(9-12)17-2/h3-10H,1-2H3. The SMILES string of the molecule is COc1cccc(-c2ccc(C)c(C=O)c2)c1. The first-order chi connectivity index (χ1) is 8.24. The minimum atomic E-state index is 0.727. The Morgan fingerprint density at radius 1 is 1.06 bits per heavy atom. The first-order valence-corrected chi connectivity index (χ1v) is 5.45. The molecule has 0 aliphatic heterocycles. The van der Waals surface area contributed by atoms with Gasteiger partial charge in [-0.25, -0.2) is 0 Å². The summed E-state index contributed by atoms with van der Waals surface area (Å²) >= 11 is 0. The number of rotatable bonds is 3. The molecule has 86 valence electrons. The number of aryl methyl sites for hydroxylation is 1. The number of carbonyl (C=O) groups is 1. The largest absolute Gasteiger partial charge is 0.497 e. The van der Waals surface area contributed by atoms with E-state index in [1.165, 1.54) is 0 Å². The first kappa shape index (κ1) is 11.4. The zero-order valence-corrected chi connectivity index (χ0v) is 9.94. The van der Waals surface area contributed by atoms with Gasteiger partial charge in [-0.15, -0.1) is 0 Å². The monoisotopic (exact) mass is 226 g/mol. The minimum Gasteiger partial charge on any atom is -0.497 e. The van der Waals surface area contributed by atoms with Gasteiger partial charge >= 0.3 is 0 Å². The lowest BCUT2D eigenvalue weighted by atomic mass is 10.0. The normalized spacial score (nSPS) is 10.0. The molecule has 2 nitrogen and oxygen atoms in total. The number of hydrogen-bond acceptors (Lipinski definition) is 2. The Balaban J connectivity index is 2.48. The number of carbonyl (C=O) groups excluding carboxylic acids is 1. The second-order valence-electron chi connectivity index (χ2n) is 3.92. The van der Waals surface area contributed by atoms with Crippen molar-refractivity contribution < 1.29 is 9.53 Å². The van der Waals surface area contributed by atoms with Crippen LogP contribution in [0.1, 0.15) is 15.9 Å². The fourth-order valence-electron chi connectivity index (χ4n) is 1.75. The van der Waals surface area contributed by atoms with Crippen LogP contribution in [0.5, 0.6) is 5.75 Å². The molecule has 0 aliphatic rings. The molecule has 0 atom stereocenters. The topological polar surface area (TPSA) is 26.3 Å².